The molecule has 0 bridgehead atoms. The Bertz CT molecular complexity index is 1000. The number of primary amides is 1. The summed E-state index contributed by atoms with van der Waals surface area (Å²) in [5, 5.41) is 3.11. The lowest BCUT2D eigenvalue weighted by Crippen LogP contribution is -2.40. The van der Waals surface area contributed by atoms with E-state index in [1.165, 1.54) is 11.3 Å². The number of thiophene rings is 1. The number of para-hydroxylation sites is 2. The summed E-state index contributed by atoms with van der Waals surface area (Å²) in [5.41, 5.74) is 6.64. The minimum absolute atomic E-state index is 0.0521. The van der Waals surface area contributed by atoms with Gasteiger partial charge in [0.15, 0.2) is 11.5 Å². The molecule has 2 aliphatic heterocycles. The van der Waals surface area contributed by atoms with Gasteiger partial charge in [-0.25, -0.2) is 4.79 Å². The SMILES string of the molecule is CCOC(=O)N1CCc2c(sc(NC(=O)[C@@H]3COc4ccccc4O3)c2C(N)=O)C1. The number of nitrogens with two attached hydrogens (primary N) is 1. The minimum atomic E-state index is -0.865. The topological polar surface area (TPSA) is 120 Å². The highest BCUT2D eigenvalue weighted by Gasteiger charge is 2.32. The number of nitrogens with one attached hydrogen (secondary N) is 1. The summed E-state index contributed by atoms with van der Waals surface area (Å²) >= 11 is 1.23. The van der Waals surface area contributed by atoms with Crippen LogP contribution in [0.25, 0.3) is 0 Å². The van der Waals surface area contributed by atoms with Gasteiger partial charge >= 0.3 is 6.09 Å². The zero-order valence-electron chi connectivity index (χ0n) is 16.3. The van der Waals surface area contributed by atoms with Crippen LogP contribution < -0.4 is 20.5 Å². The average Bonchev–Trinajstić information content (AvgIpc) is 3.10. The van der Waals surface area contributed by atoms with Crippen LogP contribution in [0.4, 0.5) is 9.80 Å². The van der Waals surface area contributed by atoms with Gasteiger partial charge in [-0.2, -0.15) is 0 Å². The molecule has 0 unspecified atom stereocenters. The lowest BCUT2D eigenvalue weighted by Gasteiger charge is -2.26. The Morgan fingerprint density at radius 1 is 1.30 bits per heavy atom. The third kappa shape index (κ3) is 3.78. The van der Waals surface area contributed by atoms with Gasteiger partial charge in [0.1, 0.15) is 11.6 Å². The maximum atomic E-state index is 12.8. The lowest BCUT2D eigenvalue weighted by atomic mass is 10.0. The third-order valence-electron chi connectivity index (χ3n) is 4.87. The number of carbonyl (C=O) groups excluding carboxylic acids is 3. The quantitative estimate of drug-likeness (QED) is 0.765. The molecule has 0 aliphatic carbocycles. The number of fused-ring (bicyclic) bond motifs is 2. The first-order valence-electron chi connectivity index (χ1n) is 9.53. The molecule has 0 radical (unpaired) electrons. The van der Waals surface area contributed by atoms with E-state index < -0.39 is 24.0 Å². The second-order valence-corrected chi connectivity index (χ2v) is 7.90. The largest absolute Gasteiger partial charge is 0.485 e. The van der Waals surface area contributed by atoms with Gasteiger partial charge in [-0.05, 0) is 31.0 Å². The van der Waals surface area contributed by atoms with Crippen molar-refractivity contribution in [2.75, 3.05) is 25.1 Å². The molecule has 158 valence electrons. The van der Waals surface area contributed by atoms with Gasteiger partial charge in [-0.3, -0.25) is 9.59 Å². The first kappa shape index (κ1) is 20.0. The molecule has 10 heteroatoms. The normalized spacial score (nSPS) is 17.1. The van der Waals surface area contributed by atoms with E-state index in [0.717, 1.165) is 10.4 Å². The van der Waals surface area contributed by atoms with Crippen molar-refractivity contribution in [3.8, 4) is 11.5 Å². The smallest absolute Gasteiger partial charge is 0.410 e. The van der Waals surface area contributed by atoms with E-state index in [1.807, 2.05) is 6.07 Å². The van der Waals surface area contributed by atoms with Gasteiger partial charge in [0, 0.05) is 11.4 Å². The fourth-order valence-corrected chi connectivity index (χ4v) is 4.74. The van der Waals surface area contributed by atoms with Gasteiger partial charge < -0.3 is 30.2 Å². The molecule has 9 nitrogen and oxygen atoms in total. The van der Waals surface area contributed by atoms with Crippen molar-refractivity contribution in [3.63, 3.8) is 0 Å². The molecule has 0 saturated heterocycles. The van der Waals surface area contributed by atoms with Crippen LogP contribution in [0.1, 0.15) is 27.7 Å². The van der Waals surface area contributed by atoms with Crippen molar-refractivity contribution in [3.05, 3.63) is 40.3 Å². The Morgan fingerprint density at radius 3 is 2.80 bits per heavy atom. The van der Waals surface area contributed by atoms with Gasteiger partial charge in [-0.15, -0.1) is 11.3 Å². The van der Waals surface area contributed by atoms with Crippen LogP contribution in [0, 0.1) is 0 Å². The fraction of sp³-hybridized carbons (Fsp3) is 0.350. The zero-order chi connectivity index (χ0) is 21.3. The monoisotopic (exact) mass is 431 g/mol. The molecule has 2 aromatic rings. The van der Waals surface area contributed by atoms with Gasteiger partial charge in [0.05, 0.1) is 18.7 Å². The molecule has 3 N–H and O–H groups in total. The lowest BCUT2D eigenvalue weighted by molar-refractivity contribution is -0.125. The molecular weight excluding hydrogens is 410 g/mol. The number of benzene rings is 1. The van der Waals surface area contributed by atoms with E-state index >= 15 is 0 Å². The zero-order valence-corrected chi connectivity index (χ0v) is 17.1. The van der Waals surface area contributed by atoms with Crippen molar-refractivity contribution in [1.82, 2.24) is 4.90 Å². The highest BCUT2D eigenvalue weighted by molar-refractivity contribution is 7.17. The van der Waals surface area contributed by atoms with E-state index in [0.29, 0.717) is 36.0 Å². The van der Waals surface area contributed by atoms with Gasteiger partial charge in [-0.1, -0.05) is 12.1 Å². The fourth-order valence-electron chi connectivity index (χ4n) is 3.46. The Kier molecular flexibility index (Phi) is 5.49. The van der Waals surface area contributed by atoms with Crippen LogP contribution in [-0.2, 0) is 22.5 Å². The molecule has 1 aromatic heterocycles. The second kappa shape index (κ2) is 8.23. The molecule has 0 saturated carbocycles. The molecule has 0 spiro atoms. The number of hydrogen-bond acceptors (Lipinski definition) is 7. The Labute approximate surface area is 176 Å². The number of carbonyl (C=O) groups is 3. The van der Waals surface area contributed by atoms with Gasteiger partial charge in [0.25, 0.3) is 11.8 Å². The number of ether oxygens (including phenoxy) is 3. The molecule has 1 atom stereocenters. The summed E-state index contributed by atoms with van der Waals surface area (Å²) in [5.74, 6) is -0.00834. The third-order valence-corrected chi connectivity index (χ3v) is 6.00. The number of nitrogens with zero attached hydrogens (tertiary/aromatic N) is 1. The van der Waals surface area contributed by atoms with E-state index in [9.17, 15) is 14.4 Å². The molecule has 2 aliphatic rings. The Balaban J connectivity index is 1.53. The summed E-state index contributed by atoms with van der Waals surface area (Å²) < 4.78 is 16.4. The van der Waals surface area contributed by atoms with E-state index in [2.05, 4.69) is 5.32 Å². The first-order chi connectivity index (χ1) is 14.5. The highest BCUT2D eigenvalue weighted by atomic mass is 32.1. The maximum Gasteiger partial charge on any atom is 0.410 e. The predicted molar refractivity (Wildman–Crippen MR) is 109 cm³/mol. The van der Waals surface area contributed by atoms with Crippen molar-refractivity contribution < 1.29 is 28.6 Å². The van der Waals surface area contributed by atoms with E-state index in [1.54, 1.807) is 30.0 Å². The molecule has 3 heterocycles. The van der Waals surface area contributed by atoms with Crippen molar-refractivity contribution >= 4 is 34.2 Å². The predicted octanol–water partition coefficient (Wildman–Crippen LogP) is 2.14. The number of rotatable bonds is 4. The standard InChI is InChI=1S/C20H21N3O6S/c1-2-27-20(26)23-8-7-11-15(9-23)30-19(16(11)17(21)24)22-18(25)14-10-28-12-5-3-4-6-13(12)29-14/h3-6,14H,2,7-10H2,1H3,(H2,21,24)(H,22,25)/t14-/m0/s1. The van der Waals surface area contributed by atoms with Crippen LogP contribution >= 0.6 is 11.3 Å². The van der Waals surface area contributed by atoms with Crippen molar-refractivity contribution in [2.45, 2.75) is 26.0 Å². The van der Waals surface area contributed by atoms with E-state index in [4.69, 9.17) is 19.9 Å². The molecule has 3 amide bonds. The molecule has 30 heavy (non-hydrogen) atoms. The summed E-state index contributed by atoms with van der Waals surface area (Å²) in [6.07, 6.45) is -0.820. The number of amides is 3. The maximum absolute atomic E-state index is 12.8. The molecular formula is C20H21N3O6S. The Morgan fingerprint density at radius 2 is 2.07 bits per heavy atom. The van der Waals surface area contributed by atoms with Crippen LogP contribution in [0.15, 0.2) is 24.3 Å². The second-order valence-electron chi connectivity index (χ2n) is 6.80. The van der Waals surface area contributed by atoms with Crippen LogP contribution in [-0.4, -0.2) is 48.7 Å². The molecule has 0 fully saturated rings. The summed E-state index contributed by atoms with van der Waals surface area (Å²) in [7, 11) is 0. The van der Waals surface area contributed by atoms with Gasteiger partial charge in [0.2, 0.25) is 6.10 Å². The van der Waals surface area contributed by atoms with Crippen LogP contribution in [0.2, 0.25) is 0 Å². The molecule has 1 aromatic carbocycles. The van der Waals surface area contributed by atoms with Crippen LogP contribution in [0.3, 0.4) is 0 Å². The number of anilines is 1. The summed E-state index contributed by atoms with van der Waals surface area (Å²) in [4.78, 5) is 39.3. The van der Waals surface area contributed by atoms with E-state index in [-0.39, 0.29) is 18.8 Å². The van der Waals surface area contributed by atoms with Crippen LogP contribution in [0.5, 0.6) is 11.5 Å². The first-order valence-corrected chi connectivity index (χ1v) is 10.3. The van der Waals surface area contributed by atoms with Crippen molar-refractivity contribution in [2.24, 2.45) is 5.73 Å². The minimum Gasteiger partial charge on any atom is -0.485 e. The average molecular weight is 431 g/mol. The summed E-state index contributed by atoms with van der Waals surface area (Å²) in [6, 6.07) is 7.09. The highest BCUT2D eigenvalue weighted by Crippen LogP contribution is 2.38. The summed E-state index contributed by atoms with van der Waals surface area (Å²) in [6.45, 7) is 2.79. The number of hydrogen-bond donors (Lipinski definition) is 2. The van der Waals surface area contributed by atoms with Crippen molar-refractivity contribution in [1.29, 1.82) is 0 Å². The molecule has 4 rings (SSSR count). The Hall–Kier alpha value is -3.27.